The topological polar surface area (TPSA) is 47.9 Å². The summed E-state index contributed by atoms with van der Waals surface area (Å²) in [7, 11) is 0. The average Bonchev–Trinajstić information content (AvgIpc) is 2.69. The van der Waals surface area contributed by atoms with Crippen LogP contribution in [0.5, 0.6) is 0 Å². The smallest absolute Gasteiger partial charge is 0.184 e. The van der Waals surface area contributed by atoms with Crippen molar-refractivity contribution in [3.8, 4) is 0 Å². The molecule has 140 valence electrons. The molecule has 5 atom stereocenters. The number of benzene rings is 2. The molecule has 0 amide bonds. The Balaban J connectivity index is 1.68. The second kappa shape index (κ2) is 9.28. The Morgan fingerprint density at radius 3 is 1.88 bits per heavy atom. The maximum Gasteiger partial charge on any atom is 0.184 e. The molecule has 1 fully saturated rings. The molecule has 0 spiro atoms. The Bertz CT molecular complexity index is 646. The highest BCUT2D eigenvalue weighted by atomic mass is 16.7. The molecule has 0 aromatic heterocycles. The number of aliphatic hydroxyl groups excluding tert-OH is 1. The first-order valence-electron chi connectivity index (χ1n) is 9.26. The molecule has 3 rings (SSSR count). The van der Waals surface area contributed by atoms with Crippen LogP contribution in [0.3, 0.4) is 0 Å². The largest absolute Gasteiger partial charge is 0.394 e. The monoisotopic (exact) mass is 356 g/mol. The highest BCUT2D eigenvalue weighted by Crippen LogP contribution is 2.34. The Kier molecular flexibility index (Phi) is 6.80. The van der Waals surface area contributed by atoms with E-state index in [0.717, 1.165) is 11.1 Å². The number of aliphatic hydroxyl groups is 1. The van der Waals surface area contributed by atoms with Gasteiger partial charge in [-0.3, -0.25) is 0 Å². The van der Waals surface area contributed by atoms with Gasteiger partial charge in [0.05, 0.1) is 25.9 Å². The van der Waals surface area contributed by atoms with Gasteiger partial charge in [0.15, 0.2) is 6.29 Å². The summed E-state index contributed by atoms with van der Waals surface area (Å²) in [4.78, 5) is 0. The first kappa shape index (κ1) is 19.1. The molecular weight excluding hydrogens is 328 g/mol. The third-order valence-electron chi connectivity index (χ3n) is 5.23. The Morgan fingerprint density at radius 1 is 0.808 bits per heavy atom. The summed E-state index contributed by atoms with van der Waals surface area (Å²) in [5, 5.41) is 9.66. The zero-order valence-electron chi connectivity index (χ0n) is 15.5. The van der Waals surface area contributed by atoms with Crippen LogP contribution in [0.25, 0.3) is 0 Å². The first-order valence-corrected chi connectivity index (χ1v) is 9.26. The van der Waals surface area contributed by atoms with Crippen molar-refractivity contribution in [1.29, 1.82) is 0 Å². The maximum atomic E-state index is 9.66. The van der Waals surface area contributed by atoms with Crippen molar-refractivity contribution in [2.24, 2.45) is 11.8 Å². The van der Waals surface area contributed by atoms with Crippen molar-refractivity contribution in [2.45, 2.75) is 45.6 Å². The zero-order chi connectivity index (χ0) is 18.4. The molecule has 26 heavy (non-hydrogen) atoms. The lowest BCUT2D eigenvalue weighted by Crippen LogP contribution is -2.52. The molecule has 4 heteroatoms. The lowest BCUT2D eigenvalue weighted by Gasteiger charge is -2.43. The van der Waals surface area contributed by atoms with Crippen LogP contribution in [-0.4, -0.2) is 30.2 Å². The van der Waals surface area contributed by atoms with E-state index < -0.39 is 6.29 Å². The first-order chi connectivity index (χ1) is 12.7. The molecule has 0 bridgehead atoms. The van der Waals surface area contributed by atoms with Crippen molar-refractivity contribution < 1.29 is 19.3 Å². The van der Waals surface area contributed by atoms with Crippen LogP contribution in [0, 0.1) is 11.8 Å². The molecule has 1 N–H and O–H groups in total. The lowest BCUT2D eigenvalue weighted by atomic mass is 9.83. The number of hydrogen-bond donors (Lipinski definition) is 1. The number of ether oxygens (including phenoxy) is 3. The highest BCUT2D eigenvalue weighted by Gasteiger charge is 2.42. The van der Waals surface area contributed by atoms with Crippen molar-refractivity contribution in [3.05, 3.63) is 71.8 Å². The van der Waals surface area contributed by atoms with E-state index in [1.54, 1.807) is 0 Å². The van der Waals surface area contributed by atoms with Crippen LogP contribution in [0.2, 0.25) is 0 Å². The van der Waals surface area contributed by atoms with Crippen LogP contribution in [-0.2, 0) is 27.4 Å². The summed E-state index contributed by atoms with van der Waals surface area (Å²) in [6.45, 7) is 5.20. The van der Waals surface area contributed by atoms with Crippen LogP contribution in [0.4, 0.5) is 0 Å². The molecule has 0 aliphatic carbocycles. The van der Waals surface area contributed by atoms with Crippen molar-refractivity contribution in [2.75, 3.05) is 6.61 Å². The van der Waals surface area contributed by atoms with E-state index in [2.05, 4.69) is 13.8 Å². The minimum absolute atomic E-state index is 0.0118. The molecule has 2 aromatic rings. The summed E-state index contributed by atoms with van der Waals surface area (Å²) in [5.74, 6) is 0.405. The van der Waals surface area contributed by atoms with Crippen molar-refractivity contribution in [3.63, 3.8) is 0 Å². The SMILES string of the molecule is C[C@@H]1C(CO)OC(OCc2ccccc2)C(OCc2ccccc2)[C@H]1C. The van der Waals surface area contributed by atoms with Gasteiger partial charge in [-0.15, -0.1) is 0 Å². The predicted molar refractivity (Wildman–Crippen MR) is 100 cm³/mol. The molecular formula is C22H28O4. The van der Waals surface area contributed by atoms with E-state index in [1.807, 2.05) is 60.7 Å². The second-order valence-corrected chi connectivity index (χ2v) is 7.00. The minimum atomic E-state index is -0.498. The number of hydrogen-bond acceptors (Lipinski definition) is 4. The second-order valence-electron chi connectivity index (χ2n) is 7.00. The van der Waals surface area contributed by atoms with Crippen LogP contribution in [0.15, 0.2) is 60.7 Å². The minimum Gasteiger partial charge on any atom is -0.394 e. The van der Waals surface area contributed by atoms with Gasteiger partial charge in [0.25, 0.3) is 0 Å². The van der Waals surface area contributed by atoms with Gasteiger partial charge in [-0.25, -0.2) is 0 Å². The molecule has 1 aliphatic heterocycles. The van der Waals surface area contributed by atoms with Crippen LogP contribution in [0.1, 0.15) is 25.0 Å². The summed E-state index contributed by atoms with van der Waals surface area (Å²) in [6.07, 6.45) is -0.915. The highest BCUT2D eigenvalue weighted by molar-refractivity contribution is 5.14. The molecule has 0 radical (unpaired) electrons. The molecule has 0 saturated carbocycles. The third kappa shape index (κ3) is 4.71. The zero-order valence-corrected chi connectivity index (χ0v) is 15.5. The summed E-state index contributed by atoms with van der Waals surface area (Å²) >= 11 is 0. The normalized spacial score (nSPS) is 28.8. The van der Waals surface area contributed by atoms with E-state index in [9.17, 15) is 5.11 Å². The molecule has 1 aliphatic rings. The fourth-order valence-electron chi connectivity index (χ4n) is 3.35. The fourth-order valence-corrected chi connectivity index (χ4v) is 3.35. The Hall–Kier alpha value is -1.72. The molecule has 3 unspecified atom stereocenters. The van der Waals surface area contributed by atoms with Crippen LogP contribution < -0.4 is 0 Å². The van der Waals surface area contributed by atoms with Crippen molar-refractivity contribution in [1.82, 2.24) is 0 Å². The Morgan fingerprint density at radius 2 is 1.35 bits per heavy atom. The van der Waals surface area contributed by atoms with Gasteiger partial charge in [-0.2, -0.15) is 0 Å². The van der Waals surface area contributed by atoms with Gasteiger partial charge >= 0.3 is 0 Å². The van der Waals surface area contributed by atoms with Crippen molar-refractivity contribution >= 4 is 0 Å². The quantitative estimate of drug-likeness (QED) is 0.820. The van der Waals surface area contributed by atoms with Gasteiger partial charge in [0, 0.05) is 0 Å². The summed E-state index contributed by atoms with van der Waals surface area (Å²) in [6, 6.07) is 20.1. The lowest BCUT2D eigenvalue weighted by molar-refractivity contribution is -0.290. The van der Waals surface area contributed by atoms with E-state index in [1.165, 1.54) is 0 Å². The van der Waals surface area contributed by atoms with Gasteiger partial charge in [-0.1, -0.05) is 74.5 Å². The summed E-state index contributed by atoms with van der Waals surface area (Å²) < 4.78 is 18.3. The maximum absolute atomic E-state index is 9.66. The molecule has 1 saturated heterocycles. The van der Waals surface area contributed by atoms with Gasteiger partial charge < -0.3 is 19.3 Å². The average molecular weight is 356 g/mol. The predicted octanol–water partition coefficient (Wildman–Crippen LogP) is 3.78. The molecule has 4 nitrogen and oxygen atoms in total. The van der Waals surface area contributed by atoms with Gasteiger partial charge in [-0.05, 0) is 23.0 Å². The fraction of sp³-hybridized carbons (Fsp3) is 0.455. The summed E-state index contributed by atoms with van der Waals surface area (Å²) in [5.41, 5.74) is 2.21. The number of rotatable bonds is 7. The third-order valence-corrected chi connectivity index (χ3v) is 5.23. The molecule has 2 aromatic carbocycles. The molecule has 1 heterocycles. The van der Waals surface area contributed by atoms with E-state index in [4.69, 9.17) is 14.2 Å². The van der Waals surface area contributed by atoms with E-state index in [0.29, 0.717) is 13.2 Å². The van der Waals surface area contributed by atoms with Gasteiger partial charge in [0.2, 0.25) is 0 Å². The Labute approximate surface area is 155 Å². The standard InChI is InChI=1S/C22H28O4/c1-16-17(2)21(24-14-18-9-5-3-6-10-18)22(26-20(16)13-23)25-15-19-11-7-4-8-12-19/h3-12,16-17,20-23H,13-15H2,1-2H3/t16-,17-,20?,21?,22?/m0/s1. The van der Waals surface area contributed by atoms with Crippen LogP contribution >= 0.6 is 0 Å². The van der Waals surface area contributed by atoms with Gasteiger partial charge in [0.1, 0.15) is 6.10 Å². The van der Waals surface area contributed by atoms with E-state index >= 15 is 0 Å². The van der Waals surface area contributed by atoms with E-state index in [-0.39, 0.29) is 30.7 Å².